The molecule has 9 amide bonds. The molecule has 0 aliphatic rings. The number of carboxylic acids is 4. The van der Waals surface area contributed by atoms with Gasteiger partial charge in [0.1, 0.15) is 42.3 Å². The van der Waals surface area contributed by atoms with Gasteiger partial charge in [-0.1, -0.05) is 0 Å². The van der Waals surface area contributed by atoms with Gasteiger partial charge in [-0.15, -0.1) is 0 Å². The van der Waals surface area contributed by atoms with Gasteiger partial charge >= 0.3 is 23.9 Å². The molecule has 20 N–H and O–H groups in total. The zero-order chi connectivity index (χ0) is 50.0. The molecule has 0 saturated carbocycles. The summed E-state index contributed by atoms with van der Waals surface area (Å²) >= 11 is 3.83. The Labute approximate surface area is 373 Å². The molecule has 0 aromatic carbocycles. The quantitative estimate of drug-likeness (QED) is 0.0214. The number of primary amides is 1. The third-order valence-electron chi connectivity index (χ3n) is 8.51. The van der Waals surface area contributed by atoms with Crippen molar-refractivity contribution in [2.24, 2.45) is 17.2 Å². The summed E-state index contributed by atoms with van der Waals surface area (Å²) in [5.41, 5.74) is 16.0. The van der Waals surface area contributed by atoms with Crippen molar-refractivity contribution in [1.82, 2.24) is 42.5 Å². The second-order valence-corrected chi connectivity index (χ2v) is 14.1. The maximum Gasteiger partial charge on any atom is 0.326 e. The fourth-order valence-corrected chi connectivity index (χ4v) is 5.28. The van der Waals surface area contributed by atoms with Crippen LogP contribution >= 0.6 is 12.6 Å². The molecule has 65 heavy (non-hydrogen) atoms. The fourth-order valence-electron chi connectivity index (χ4n) is 5.11. The molecule has 0 spiro atoms. The average Bonchev–Trinajstić information content (AvgIpc) is 3.22. The van der Waals surface area contributed by atoms with E-state index >= 15 is 0 Å². The van der Waals surface area contributed by atoms with Crippen LogP contribution in [0.2, 0.25) is 0 Å². The number of carbonyl (C=O) groups excluding carboxylic acids is 9. The van der Waals surface area contributed by atoms with E-state index in [-0.39, 0.29) is 25.1 Å². The third kappa shape index (κ3) is 23.5. The molecule has 31 heteroatoms. The van der Waals surface area contributed by atoms with Crippen LogP contribution in [0.15, 0.2) is 0 Å². The SMILES string of the molecule is NCCCC[C@H](NC(=O)[C@H](CCC(=O)O)NC(=O)[C@H](CC(=O)O)NC(=O)[C@H](CO)NC(=O)CNC(=O)[C@H](CC(=O)O)NC(=O)[C@H](CO)NC(=O)[C@@H](N)CS)C(=O)N[C@@H](CC(N)=O)C(=O)O. The lowest BCUT2D eigenvalue weighted by Gasteiger charge is -2.26. The van der Waals surface area contributed by atoms with Crippen LogP contribution in [0.5, 0.6) is 0 Å². The number of carbonyl (C=O) groups is 13. The van der Waals surface area contributed by atoms with E-state index in [0.717, 1.165) is 0 Å². The normalized spacial score (nSPS) is 14.4. The first-order chi connectivity index (χ1) is 30.4. The maximum absolute atomic E-state index is 13.4. The Morgan fingerprint density at radius 1 is 0.492 bits per heavy atom. The molecule has 0 aliphatic carbocycles. The maximum atomic E-state index is 13.4. The van der Waals surface area contributed by atoms with Crippen molar-refractivity contribution in [1.29, 1.82) is 0 Å². The number of amides is 9. The third-order valence-corrected chi connectivity index (χ3v) is 8.90. The largest absolute Gasteiger partial charge is 0.481 e. The number of nitrogens with two attached hydrogens (primary N) is 3. The molecular weight excluding hydrogens is 898 g/mol. The van der Waals surface area contributed by atoms with Gasteiger partial charge in [0.05, 0.1) is 45.1 Å². The minimum atomic E-state index is -2.11. The Hall–Kier alpha value is -6.70. The van der Waals surface area contributed by atoms with Crippen LogP contribution in [-0.2, 0) is 62.3 Å². The molecule has 0 aromatic rings. The van der Waals surface area contributed by atoms with Crippen LogP contribution in [0.1, 0.15) is 51.4 Å². The Kier molecular flexibility index (Phi) is 27.3. The van der Waals surface area contributed by atoms with Crippen LogP contribution in [-0.4, -0.2) is 188 Å². The number of nitrogens with one attached hydrogen (secondary N) is 8. The number of aliphatic hydroxyl groups excluding tert-OH is 2. The molecule has 0 bridgehead atoms. The molecule has 0 aromatic heterocycles. The van der Waals surface area contributed by atoms with Crippen LogP contribution in [0.25, 0.3) is 0 Å². The predicted molar refractivity (Wildman–Crippen MR) is 218 cm³/mol. The highest BCUT2D eigenvalue weighted by molar-refractivity contribution is 7.80. The summed E-state index contributed by atoms with van der Waals surface area (Å²) in [6.07, 6.45) is -4.34. The number of hydrogen-bond acceptors (Lipinski definition) is 18. The molecule has 8 atom stereocenters. The number of aliphatic carboxylic acids is 4. The molecular formula is C34H55N11O19S. The van der Waals surface area contributed by atoms with Crippen molar-refractivity contribution in [2.45, 2.75) is 99.7 Å². The zero-order valence-corrected chi connectivity index (χ0v) is 35.4. The summed E-state index contributed by atoms with van der Waals surface area (Å²) in [6, 6.07) is -14.2. The minimum Gasteiger partial charge on any atom is -0.481 e. The lowest BCUT2D eigenvalue weighted by molar-refractivity contribution is -0.144. The van der Waals surface area contributed by atoms with Crippen LogP contribution in [0.3, 0.4) is 0 Å². The zero-order valence-electron chi connectivity index (χ0n) is 34.5. The van der Waals surface area contributed by atoms with Crippen molar-refractivity contribution in [2.75, 3.05) is 32.1 Å². The van der Waals surface area contributed by atoms with Crippen molar-refractivity contribution < 1.29 is 93.0 Å². The topological polar surface area (TPSA) is 518 Å². The van der Waals surface area contributed by atoms with Gasteiger partial charge in [-0.25, -0.2) is 4.79 Å². The Morgan fingerprint density at radius 2 is 0.908 bits per heavy atom. The summed E-state index contributed by atoms with van der Waals surface area (Å²) in [5.74, 6) is -17.7. The molecule has 0 unspecified atom stereocenters. The van der Waals surface area contributed by atoms with E-state index in [2.05, 4.69) is 28.6 Å². The number of aliphatic hydroxyl groups is 2. The number of carboxylic acid groups (broad SMARTS) is 4. The number of rotatable bonds is 33. The Balaban J connectivity index is 6.09. The molecule has 0 fully saturated rings. The van der Waals surface area contributed by atoms with Crippen LogP contribution in [0, 0.1) is 0 Å². The predicted octanol–water partition coefficient (Wildman–Crippen LogP) is -9.36. The first-order valence-electron chi connectivity index (χ1n) is 19.2. The number of hydrogen-bond donors (Lipinski definition) is 18. The van der Waals surface area contributed by atoms with Gasteiger partial charge in [-0.05, 0) is 32.2 Å². The van der Waals surface area contributed by atoms with E-state index in [1.54, 1.807) is 0 Å². The fraction of sp³-hybridized carbons (Fsp3) is 0.618. The summed E-state index contributed by atoms with van der Waals surface area (Å²) in [7, 11) is 0. The van der Waals surface area contributed by atoms with Gasteiger partial charge in [0.15, 0.2) is 0 Å². The standard InChI is InChI=1S/C34H55N11O19S/c35-6-2-1-3-15(29(58)44-19(34(63)64)7-22(37)48)40-30(59)16(4-5-24(50)51)41-31(60)18(9-26(54)55)43-32(61)20(11-46)39-23(49)10-38-28(57)17(8-25(52)53)42-33(62)21(12-47)45-27(56)14(36)13-65/h14-21,46-47,65H,1-13,35-36H2,(H2,37,48)(H,38,57)(H,39,49)(H,40,59)(H,41,60)(H,42,62)(H,43,61)(H,44,58)(H,45,56)(H,50,51)(H,52,53)(H,54,55)(H,63,64)/t14-,15-,16-,17-,18-,19-,20-,21-/m0/s1. The number of thiol groups is 1. The van der Waals surface area contributed by atoms with E-state index in [1.807, 2.05) is 26.6 Å². The van der Waals surface area contributed by atoms with Crippen LogP contribution < -0.4 is 59.7 Å². The minimum absolute atomic E-state index is 0.133. The van der Waals surface area contributed by atoms with E-state index in [1.165, 1.54) is 0 Å². The van der Waals surface area contributed by atoms with Crippen molar-refractivity contribution in [3.05, 3.63) is 0 Å². The Morgan fingerprint density at radius 3 is 1.34 bits per heavy atom. The molecule has 0 aliphatic heterocycles. The summed E-state index contributed by atoms with van der Waals surface area (Å²) < 4.78 is 0. The highest BCUT2D eigenvalue weighted by Gasteiger charge is 2.34. The molecule has 366 valence electrons. The van der Waals surface area contributed by atoms with Gasteiger partial charge in [-0.3, -0.25) is 57.5 Å². The van der Waals surface area contributed by atoms with Crippen LogP contribution in [0.4, 0.5) is 0 Å². The summed E-state index contributed by atoms with van der Waals surface area (Å²) in [4.78, 5) is 161. The van der Waals surface area contributed by atoms with Crippen molar-refractivity contribution in [3.8, 4) is 0 Å². The smallest absolute Gasteiger partial charge is 0.326 e. The first kappa shape index (κ1) is 58.3. The second-order valence-electron chi connectivity index (χ2n) is 13.8. The van der Waals surface area contributed by atoms with Gasteiger partial charge < -0.3 is 90.4 Å². The molecule has 0 saturated heterocycles. The Bertz CT molecular complexity index is 1760. The van der Waals surface area contributed by atoms with Crippen molar-refractivity contribution in [3.63, 3.8) is 0 Å². The van der Waals surface area contributed by atoms with E-state index in [4.69, 9.17) is 17.2 Å². The average molecular weight is 954 g/mol. The van der Waals surface area contributed by atoms with Crippen molar-refractivity contribution >= 4 is 89.7 Å². The highest BCUT2D eigenvalue weighted by atomic mass is 32.1. The van der Waals surface area contributed by atoms with Gasteiger partial charge in [-0.2, -0.15) is 12.6 Å². The van der Waals surface area contributed by atoms with E-state index in [9.17, 15) is 93.0 Å². The summed E-state index contributed by atoms with van der Waals surface area (Å²) in [5, 5.41) is 73.0. The lowest BCUT2D eigenvalue weighted by Crippen LogP contribution is -2.60. The molecule has 0 heterocycles. The molecule has 0 rings (SSSR count). The van der Waals surface area contributed by atoms with Gasteiger partial charge in [0.25, 0.3) is 0 Å². The monoisotopic (exact) mass is 953 g/mol. The van der Waals surface area contributed by atoms with E-state index in [0.29, 0.717) is 6.42 Å². The van der Waals surface area contributed by atoms with Gasteiger partial charge in [0, 0.05) is 12.2 Å². The molecule has 0 radical (unpaired) electrons. The lowest BCUT2D eigenvalue weighted by atomic mass is 10.0. The molecule has 30 nitrogen and oxygen atoms in total. The van der Waals surface area contributed by atoms with E-state index < -0.39 is 177 Å². The second kappa shape index (κ2) is 30.4. The van der Waals surface area contributed by atoms with Gasteiger partial charge in [0.2, 0.25) is 53.2 Å². The summed E-state index contributed by atoms with van der Waals surface area (Å²) in [6.45, 7) is -3.17. The number of unbranched alkanes of at least 4 members (excludes halogenated alkanes) is 1. The first-order valence-corrected chi connectivity index (χ1v) is 19.9. The highest BCUT2D eigenvalue weighted by Crippen LogP contribution is 2.07.